The summed E-state index contributed by atoms with van der Waals surface area (Å²) in [6, 6.07) is 1.68. The Bertz CT molecular complexity index is 708. The fourth-order valence-corrected chi connectivity index (χ4v) is 2.04. The summed E-state index contributed by atoms with van der Waals surface area (Å²) >= 11 is 11.7. The number of nitrogens with one attached hydrogen (secondary N) is 1. The van der Waals surface area contributed by atoms with Crippen molar-refractivity contribution in [3.8, 4) is 11.6 Å². The van der Waals surface area contributed by atoms with Crippen LogP contribution in [-0.2, 0) is 0 Å². The molecule has 18 heavy (non-hydrogen) atoms. The SMILES string of the molecule is Cc1nc(C)c(-c2nc3nc(Cl)c(Cl)cc3[nH]2)o1. The van der Waals surface area contributed by atoms with E-state index < -0.39 is 0 Å². The first-order chi connectivity index (χ1) is 8.54. The number of aromatic amines is 1. The number of imidazole rings is 1. The van der Waals surface area contributed by atoms with E-state index in [1.165, 1.54) is 0 Å². The Hall–Kier alpha value is -1.59. The third kappa shape index (κ3) is 1.76. The van der Waals surface area contributed by atoms with Gasteiger partial charge in [0.2, 0.25) is 0 Å². The molecule has 0 bridgehead atoms. The fourth-order valence-electron chi connectivity index (χ4n) is 1.75. The molecule has 3 aromatic heterocycles. The minimum absolute atomic E-state index is 0.229. The molecule has 0 aromatic carbocycles. The van der Waals surface area contributed by atoms with Gasteiger partial charge in [-0.1, -0.05) is 23.2 Å². The van der Waals surface area contributed by atoms with Crippen LogP contribution in [0.2, 0.25) is 10.2 Å². The van der Waals surface area contributed by atoms with Crippen molar-refractivity contribution in [2.75, 3.05) is 0 Å². The van der Waals surface area contributed by atoms with Gasteiger partial charge in [0.25, 0.3) is 0 Å². The van der Waals surface area contributed by atoms with Gasteiger partial charge in [0.1, 0.15) is 5.15 Å². The third-order valence-electron chi connectivity index (χ3n) is 2.50. The largest absolute Gasteiger partial charge is 0.437 e. The number of pyridine rings is 1. The van der Waals surface area contributed by atoms with E-state index in [4.69, 9.17) is 27.6 Å². The number of halogens is 2. The smallest absolute Gasteiger partial charge is 0.192 e. The number of hydrogen-bond donors (Lipinski definition) is 1. The predicted octanol–water partition coefficient (Wildman–Crippen LogP) is 3.54. The number of nitrogens with zero attached hydrogens (tertiary/aromatic N) is 3. The molecule has 0 fully saturated rings. The monoisotopic (exact) mass is 282 g/mol. The molecule has 3 aromatic rings. The molecule has 0 unspecified atom stereocenters. The van der Waals surface area contributed by atoms with Crippen LogP contribution in [0.25, 0.3) is 22.7 Å². The third-order valence-corrected chi connectivity index (χ3v) is 3.18. The van der Waals surface area contributed by atoms with Gasteiger partial charge in [-0.15, -0.1) is 0 Å². The van der Waals surface area contributed by atoms with Crippen LogP contribution < -0.4 is 0 Å². The Balaban J connectivity index is 2.22. The van der Waals surface area contributed by atoms with E-state index in [1.807, 2.05) is 6.92 Å². The summed E-state index contributed by atoms with van der Waals surface area (Å²) < 4.78 is 5.49. The van der Waals surface area contributed by atoms with Crippen molar-refractivity contribution in [3.05, 3.63) is 27.8 Å². The van der Waals surface area contributed by atoms with E-state index >= 15 is 0 Å². The molecular weight excluding hydrogens is 275 g/mol. The number of rotatable bonds is 1. The van der Waals surface area contributed by atoms with Gasteiger partial charge in [-0.2, -0.15) is 0 Å². The van der Waals surface area contributed by atoms with Crippen molar-refractivity contribution in [2.45, 2.75) is 13.8 Å². The van der Waals surface area contributed by atoms with Crippen LogP contribution in [0.4, 0.5) is 0 Å². The quantitative estimate of drug-likeness (QED) is 0.693. The van der Waals surface area contributed by atoms with Crippen LogP contribution in [0.1, 0.15) is 11.6 Å². The summed E-state index contributed by atoms with van der Waals surface area (Å²) in [5, 5.41) is 0.609. The molecule has 3 rings (SSSR count). The molecule has 5 nitrogen and oxygen atoms in total. The minimum atomic E-state index is 0.229. The number of H-pyrrole nitrogens is 1. The van der Waals surface area contributed by atoms with Gasteiger partial charge < -0.3 is 9.40 Å². The van der Waals surface area contributed by atoms with Crippen molar-refractivity contribution in [3.63, 3.8) is 0 Å². The summed E-state index contributed by atoms with van der Waals surface area (Å²) in [4.78, 5) is 15.7. The number of hydrogen-bond acceptors (Lipinski definition) is 4. The summed E-state index contributed by atoms with van der Waals surface area (Å²) in [6.07, 6.45) is 0. The predicted molar refractivity (Wildman–Crippen MR) is 68.9 cm³/mol. The van der Waals surface area contributed by atoms with Gasteiger partial charge in [-0.3, -0.25) is 0 Å². The molecule has 0 saturated heterocycles. The number of fused-ring (bicyclic) bond motifs is 1. The zero-order valence-corrected chi connectivity index (χ0v) is 11.1. The lowest BCUT2D eigenvalue weighted by atomic mass is 10.3. The van der Waals surface area contributed by atoms with Gasteiger partial charge in [-0.05, 0) is 13.0 Å². The first-order valence-electron chi connectivity index (χ1n) is 5.21. The molecule has 1 N–H and O–H groups in total. The molecule has 0 amide bonds. The van der Waals surface area contributed by atoms with Crippen LogP contribution >= 0.6 is 23.2 Å². The van der Waals surface area contributed by atoms with E-state index in [1.54, 1.807) is 13.0 Å². The van der Waals surface area contributed by atoms with Crippen molar-refractivity contribution < 1.29 is 4.42 Å². The lowest BCUT2D eigenvalue weighted by Crippen LogP contribution is -1.81. The standard InChI is InChI=1S/C11H8Cl2N4O/c1-4-8(18-5(2)14-4)11-15-7-3-6(12)9(13)16-10(7)17-11/h3H,1-2H3,(H,15,16,17). The van der Waals surface area contributed by atoms with Crippen LogP contribution in [-0.4, -0.2) is 19.9 Å². The van der Waals surface area contributed by atoms with Crippen molar-refractivity contribution in [1.82, 2.24) is 19.9 Å². The molecule has 0 spiro atoms. The van der Waals surface area contributed by atoms with Crippen LogP contribution in [0.3, 0.4) is 0 Å². The summed E-state index contributed by atoms with van der Waals surface area (Å²) in [7, 11) is 0. The highest BCUT2D eigenvalue weighted by Crippen LogP contribution is 2.27. The highest BCUT2D eigenvalue weighted by Gasteiger charge is 2.15. The zero-order chi connectivity index (χ0) is 12.9. The zero-order valence-electron chi connectivity index (χ0n) is 9.58. The summed E-state index contributed by atoms with van der Waals surface area (Å²) in [5.41, 5.74) is 1.96. The molecule has 7 heteroatoms. The first-order valence-corrected chi connectivity index (χ1v) is 5.96. The molecule has 0 saturated carbocycles. The highest BCUT2D eigenvalue weighted by molar-refractivity contribution is 6.41. The lowest BCUT2D eigenvalue weighted by Gasteiger charge is -1.92. The van der Waals surface area contributed by atoms with E-state index in [-0.39, 0.29) is 5.15 Å². The average molecular weight is 283 g/mol. The Morgan fingerprint density at radius 1 is 1.17 bits per heavy atom. The number of oxazole rings is 1. The van der Waals surface area contributed by atoms with Crippen LogP contribution in [0.5, 0.6) is 0 Å². The van der Waals surface area contributed by atoms with E-state index in [0.29, 0.717) is 33.7 Å². The van der Waals surface area contributed by atoms with Gasteiger partial charge in [0.05, 0.1) is 16.2 Å². The molecule has 0 aliphatic carbocycles. The van der Waals surface area contributed by atoms with Gasteiger partial charge in [0, 0.05) is 6.92 Å². The maximum atomic E-state index is 5.90. The van der Waals surface area contributed by atoms with Crippen molar-refractivity contribution in [1.29, 1.82) is 0 Å². The second kappa shape index (κ2) is 3.96. The maximum Gasteiger partial charge on any atom is 0.192 e. The summed E-state index contributed by atoms with van der Waals surface area (Å²) in [6.45, 7) is 3.64. The second-order valence-corrected chi connectivity index (χ2v) is 4.63. The fraction of sp³-hybridized carbons (Fsp3) is 0.182. The van der Waals surface area contributed by atoms with Crippen LogP contribution in [0.15, 0.2) is 10.5 Å². The first kappa shape index (κ1) is 11.5. The average Bonchev–Trinajstić information content (AvgIpc) is 2.82. The minimum Gasteiger partial charge on any atom is -0.437 e. The molecular formula is C11H8Cl2N4O. The van der Waals surface area contributed by atoms with Crippen molar-refractivity contribution >= 4 is 34.4 Å². The van der Waals surface area contributed by atoms with E-state index in [9.17, 15) is 0 Å². The molecule has 0 radical (unpaired) electrons. The molecule has 0 aliphatic heterocycles. The Kier molecular flexibility index (Phi) is 2.53. The van der Waals surface area contributed by atoms with E-state index in [2.05, 4.69) is 19.9 Å². The molecule has 3 heterocycles. The van der Waals surface area contributed by atoms with Gasteiger partial charge in [-0.25, -0.2) is 15.0 Å². The van der Waals surface area contributed by atoms with Crippen molar-refractivity contribution in [2.24, 2.45) is 0 Å². The lowest BCUT2D eigenvalue weighted by molar-refractivity contribution is 0.531. The second-order valence-electron chi connectivity index (χ2n) is 3.86. The maximum absolute atomic E-state index is 5.90. The normalized spacial score (nSPS) is 11.3. The number of aryl methyl sites for hydroxylation is 2. The number of aromatic nitrogens is 4. The van der Waals surface area contributed by atoms with Crippen LogP contribution in [0, 0.1) is 13.8 Å². The highest BCUT2D eigenvalue weighted by atomic mass is 35.5. The van der Waals surface area contributed by atoms with Gasteiger partial charge >= 0.3 is 0 Å². The Morgan fingerprint density at radius 2 is 1.94 bits per heavy atom. The van der Waals surface area contributed by atoms with Gasteiger partial charge in [0.15, 0.2) is 23.1 Å². The molecule has 92 valence electrons. The topological polar surface area (TPSA) is 67.6 Å². The van der Waals surface area contributed by atoms with E-state index in [0.717, 1.165) is 5.69 Å². The molecule has 0 atom stereocenters. The summed E-state index contributed by atoms with van der Waals surface area (Å²) in [5.74, 6) is 1.75. The molecule has 0 aliphatic rings. The Labute approximate surface area is 112 Å². The Morgan fingerprint density at radius 3 is 2.61 bits per heavy atom.